The number of aromatic amines is 1. The number of halogens is 2. The largest absolute Gasteiger partial charge is 0.271 e. The van der Waals surface area contributed by atoms with Crippen LogP contribution < -0.4 is 11.3 Å². The molecule has 0 fully saturated rings. The monoisotopic (exact) mass is 255 g/mol. The molecule has 0 saturated heterocycles. The molecule has 5 nitrogen and oxygen atoms in total. The summed E-state index contributed by atoms with van der Waals surface area (Å²) in [6.07, 6.45) is 1.65. The van der Waals surface area contributed by atoms with E-state index in [1.807, 2.05) is 0 Å². The number of hydrogen-bond acceptors (Lipinski definition) is 4. The van der Waals surface area contributed by atoms with Gasteiger partial charge in [-0.15, -0.1) is 0 Å². The summed E-state index contributed by atoms with van der Waals surface area (Å²) in [5.74, 6) is 5.58. The van der Waals surface area contributed by atoms with Crippen molar-refractivity contribution in [2.24, 2.45) is 5.84 Å². The second kappa shape index (κ2) is 5.22. The highest BCUT2D eigenvalue weighted by Crippen LogP contribution is 2.23. The van der Waals surface area contributed by atoms with Crippen molar-refractivity contribution in [2.45, 2.75) is 12.5 Å². The third-order valence-electron chi connectivity index (χ3n) is 2.43. The van der Waals surface area contributed by atoms with Gasteiger partial charge in [0.2, 0.25) is 0 Å². The molecular weight excluding hydrogens is 245 g/mol. The molecular formula is C10H11ClFN5. The Kier molecular flexibility index (Phi) is 3.68. The van der Waals surface area contributed by atoms with Crippen LogP contribution in [0.3, 0.4) is 0 Å². The van der Waals surface area contributed by atoms with Crippen molar-refractivity contribution in [1.82, 2.24) is 20.6 Å². The number of aromatic nitrogens is 3. The van der Waals surface area contributed by atoms with E-state index in [9.17, 15) is 4.39 Å². The summed E-state index contributed by atoms with van der Waals surface area (Å²) >= 11 is 5.94. The number of benzene rings is 1. The smallest absolute Gasteiger partial charge is 0.143 e. The van der Waals surface area contributed by atoms with Crippen LogP contribution in [0.25, 0.3) is 0 Å². The van der Waals surface area contributed by atoms with Crippen LogP contribution in [0.2, 0.25) is 5.02 Å². The van der Waals surface area contributed by atoms with E-state index in [1.54, 1.807) is 12.1 Å². The lowest BCUT2D eigenvalue weighted by atomic mass is 10.1. The number of rotatable bonds is 4. The van der Waals surface area contributed by atoms with Crippen molar-refractivity contribution in [3.05, 3.63) is 46.8 Å². The van der Waals surface area contributed by atoms with Crippen LogP contribution >= 0.6 is 11.6 Å². The Bertz CT molecular complexity index is 467. The summed E-state index contributed by atoms with van der Waals surface area (Å²) in [6.45, 7) is 0. The van der Waals surface area contributed by atoms with Gasteiger partial charge >= 0.3 is 0 Å². The molecule has 0 aliphatic rings. The third kappa shape index (κ3) is 2.60. The quantitative estimate of drug-likeness (QED) is 0.569. The van der Waals surface area contributed by atoms with Gasteiger partial charge in [-0.3, -0.25) is 10.9 Å². The minimum atomic E-state index is -0.369. The third-order valence-corrected chi connectivity index (χ3v) is 2.79. The van der Waals surface area contributed by atoms with E-state index in [0.717, 1.165) is 0 Å². The highest BCUT2D eigenvalue weighted by Gasteiger charge is 2.17. The van der Waals surface area contributed by atoms with E-state index in [4.69, 9.17) is 17.4 Å². The van der Waals surface area contributed by atoms with Crippen molar-refractivity contribution in [2.75, 3.05) is 0 Å². The first-order valence-corrected chi connectivity index (χ1v) is 5.34. The predicted octanol–water partition coefficient (Wildman–Crippen LogP) is 1.34. The summed E-state index contributed by atoms with van der Waals surface area (Å²) in [6, 6.07) is 4.18. The summed E-state index contributed by atoms with van der Waals surface area (Å²) in [5, 5.41) is 6.76. The second-order valence-electron chi connectivity index (χ2n) is 3.49. The molecule has 0 radical (unpaired) electrons. The first-order chi connectivity index (χ1) is 8.22. The zero-order valence-electron chi connectivity index (χ0n) is 8.82. The van der Waals surface area contributed by atoms with Gasteiger partial charge in [-0.05, 0) is 12.1 Å². The lowest BCUT2D eigenvalue weighted by molar-refractivity contribution is 0.508. The molecule has 1 unspecified atom stereocenters. The molecule has 1 aromatic heterocycles. The molecule has 0 spiro atoms. The maximum Gasteiger partial charge on any atom is 0.143 e. The molecule has 0 aliphatic carbocycles. The summed E-state index contributed by atoms with van der Waals surface area (Å²) in [5.41, 5.74) is 2.95. The topological polar surface area (TPSA) is 79.6 Å². The molecule has 0 saturated carbocycles. The molecule has 7 heteroatoms. The molecule has 1 aromatic carbocycles. The number of H-pyrrole nitrogens is 1. The zero-order valence-corrected chi connectivity index (χ0v) is 9.58. The Labute approximate surface area is 102 Å². The van der Waals surface area contributed by atoms with Crippen LogP contribution in [-0.2, 0) is 6.42 Å². The van der Waals surface area contributed by atoms with E-state index in [2.05, 4.69) is 20.6 Å². The Morgan fingerprint density at radius 2 is 2.35 bits per heavy atom. The maximum atomic E-state index is 13.6. The summed E-state index contributed by atoms with van der Waals surface area (Å²) < 4.78 is 13.6. The molecule has 0 amide bonds. The fraction of sp³-hybridized carbons (Fsp3) is 0.200. The molecule has 17 heavy (non-hydrogen) atoms. The van der Waals surface area contributed by atoms with Crippen LogP contribution in [0, 0.1) is 5.82 Å². The molecule has 1 atom stereocenters. The van der Waals surface area contributed by atoms with Gasteiger partial charge in [0.15, 0.2) is 0 Å². The molecule has 1 heterocycles. The van der Waals surface area contributed by atoms with Crippen LogP contribution in [0.5, 0.6) is 0 Å². The average molecular weight is 256 g/mol. The second-order valence-corrected chi connectivity index (χ2v) is 3.90. The van der Waals surface area contributed by atoms with Gasteiger partial charge in [0.25, 0.3) is 0 Å². The lowest BCUT2D eigenvalue weighted by Crippen LogP contribution is -2.30. The number of hydrogen-bond donors (Lipinski definition) is 3. The lowest BCUT2D eigenvalue weighted by Gasteiger charge is -2.14. The molecule has 0 bridgehead atoms. The van der Waals surface area contributed by atoms with Gasteiger partial charge < -0.3 is 0 Å². The first-order valence-electron chi connectivity index (χ1n) is 4.96. The van der Waals surface area contributed by atoms with Crippen molar-refractivity contribution in [3.63, 3.8) is 0 Å². The van der Waals surface area contributed by atoms with Crippen LogP contribution in [0.15, 0.2) is 24.5 Å². The van der Waals surface area contributed by atoms with Gasteiger partial charge in [0.05, 0.1) is 6.04 Å². The van der Waals surface area contributed by atoms with Crippen LogP contribution in [-0.4, -0.2) is 15.2 Å². The van der Waals surface area contributed by atoms with E-state index in [0.29, 0.717) is 16.4 Å². The normalized spacial score (nSPS) is 12.6. The predicted molar refractivity (Wildman–Crippen MR) is 61.6 cm³/mol. The highest BCUT2D eigenvalue weighted by molar-refractivity contribution is 6.31. The van der Waals surface area contributed by atoms with Gasteiger partial charge in [0, 0.05) is 17.0 Å². The van der Waals surface area contributed by atoms with Crippen molar-refractivity contribution >= 4 is 11.6 Å². The van der Waals surface area contributed by atoms with Crippen molar-refractivity contribution in [1.29, 1.82) is 0 Å². The van der Waals surface area contributed by atoms with Gasteiger partial charge in [-0.1, -0.05) is 17.7 Å². The van der Waals surface area contributed by atoms with Crippen LogP contribution in [0.1, 0.15) is 17.4 Å². The summed E-state index contributed by atoms with van der Waals surface area (Å²) in [4.78, 5) is 3.97. The summed E-state index contributed by atoms with van der Waals surface area (Å²) in [7, 11) is 0. The standard InChI is InChI=1S/C10H11ClFN5/c11-7-2-1-3-8(12)6(7)4-9(16-13)10-14-5-15-17-10/h1-3,5,9,16H,4,13H2,(H,14,15,17). The fourth-order valence-corrected chi connectivity index (χ4v) is 1.79. The van der Waals surface area contributed by atoms with Gasteiger partial charge in [-0.25, -0.2) is 14.8 Å². The SMILES string of the molecule is NNC(Cc1c(F)cccc1Cl)c1ncn[nH]1. The zero-order chi connectivity index (χ0) is 12.3. The number of hydrazine groups is 1. The average Bonchev–Trinajstić information content (AvgIpc) is 2.82. The minimum absolute atomic E-state index is 0.289. The van der Waals surface area contributed by atoms with Crippen molar-refractivity contribution < 1.29 is 4.39 Å². The molecule has 0 aliphatic heterocycles. The minimum Gasteiger partial charge on any atom is -0.271 e. The molecule has 2 aromatic rings. The number of nitrogens with one attached hydrogen (secondary N) is 2. The highest BCUT2D eigenvalue weighted by atomic mass is 35.5. The van der Waals surface area contributed by atoms with Gasteiger partial charge in [-0.2, -0.15) is 5.10 Å². The Morgan fingerprint density at radius 3 is 2.94 bits per heavy atom. The molecule has 2 rings (SSSR count). The maximum absolute atomic E-state index is 13.6. The molecule has 4 N–H and O–H groups in total. The van der Waals surface area contributed by atoms with Gasteiger partial charge in [0.1, 0.15) is 18.0 Å². The van der Waals surface area contributed by atoms with E-state index in [-0.39, 0.29) is 18.3 Å². The first kappa shape index (κ1) is 12.0. The number of nitrogens with two attached hydrogens (primary N) is 1. The molecule has 90 valence electrons. The Morgan fingerprint density at radius 1 is 1.53 bits per heavy atom. The Balaban J connectivity index is 2.25. The van der Waals surface area contributed by atoms with E-state index < -0.39 is 0 Å². The fourth-order valence-electron chi connectivity index (χ4n) is 1.55. The Hall–Kier alpha value is -1.50. The van der Waals surface area contributed by atoms with Crippen molar-refractivity contribution in [3.8, 4) is 0 Å². The van der Waals surface area contributed by atoms with E-state index >= 15 is 0 Å². The van der Waals surface area contributed by atoms with E-state index in [1.165, 1.54) is 12.4 Å². The number of nitrogens with zero attached hydrogens (tertiary/aromatic N) is 2. The van der Waals surface area contributed by atoms with Crippen LogP contribution in [0.4, 0.5) is 4.39 Å².